The van der Waals surface area contributed by atoms with Gasteiger partial charge in [0.1, 0.15) is 0 Å². The van der Waals surface area contributed by atoms with E-state index in [1.54, 1.807) is 0 Å². The summed E-state index contributed by atoms with van der Waals surface area (Å²) >= 11 is 3.86. The van der Waals surface area contributed by atoms with Gasteiger partial charge in [-0.05, 0) is 52.3 Å². The van der Waals surface area contributed by atoms with Crippen LogP contribution in [0, 0.1) is 0 Å². The van der Waals surface area contributed by atoms with Crippen molar-refractivity contribution in [1.82, 2.24) is 0 Å². The monoisotopic (exact) mass is 365 g/mol. The van der Waals surface area contributed by atoms with Gasteiger partial charge in [-0.1, -0.05) is 48.5 Å². The highest BCUT2D eigenvalue weighted by Gasteiger charge is 2.28. The lowest BCUT2D eigenvalue weighted by Gasteiger charge is -1.98. The molecule has 4 aromatic rings. The first-order valence-electron chi connectivity index (χ1n) is 7.20. The largest absolute Gasteiger partial charge is 0.201 e. The normalized spacial score (nSPS) is 11.8. The molecule has 0 amide bonds. The van der Waals surface area contributed by atoms with Crippen LogP contribution in [0.5, 0.6) is 0 Å². The van der Waals surface area contributed by atoms with Gasteiger partial charge in [0.2, 0.25) is 4.88 Å². The second-order valence-electron chi connectivity index (χ2n) is 5.12. The Balaban J connectivity index is 2.14. The maximum atomic E-state index is 3.86. The summed E-state index contributed by atoms with van der Waals surface area (Å²) in [5.74, 6) is 0. The lowest BCUT2D eigenvalue weighted by atomic mass is 10.1. The quantitative estimate of drug-likeness (QED) is 0.335. The van der Waals surface area contributed by atoms with Crippen LogP contribution < -0.4 is 0 Å². The van der Waals surface area contributed by atoms with Gasteiger partial charge in [0.15, 0.2) is 9.60 Å². The Kier molecular flexibility index (Phi) is 3.57. The molecule has 1 heterocycles. The molecule has 0 spiro atoms. The van der Waals surface area contributed by atoms with Crippen LogP contribution in [0.15, 0.2) is 89.4 Å². The Bertz CT molecular complexity index is 924. The molecule has 0 saturated carbocycles. The van der Waals surface area contributed by atoms with E-state index in [0.29, 0.717) is 0 Å². The van der Waals surface area contributed by atoms with Crippen molar-refractivity contribution < 1.29 is 0 Å². The summed E-state index contributed by atoms with van der Waals surface area (Å²) in [5, 5.41) is 1.31. The van der Waals surface area contributed by atoms with Gasteiger partial charge in [-0.3, -0.25) is 0 Å². The van der Waals surface area contributed by atoms with Crippen LogP contribution in [0.4, 0.5) is 0 Å². The minimum atomic E-state index is -0.0517. The Hall–Kier alpha value is -1.90. The highest BCUT2D eigenvalue weighted by atomic mass is 79.9. The second-order valence-corrected chi connectivity index (χ2v) is 7.85. The van der Waals surface area contributed by atoms with Crippen LogP contribution in [0.1, 0.15) is 0 Å². The summed E-state index contributed by atoms with van der Waals surface area (Å²) in [7, 11) is -0.0517. The summed E-state index contributed by atoms with van der Waals surface area (Å²) in [6.45, 7) is 0. The van der Waals surface area contributed by atoms with Gasteiger partial charge < -0.3 is 0 Å². The fraction of sp³-hybridized carbons (Fsp3) is 0. The number of thiophene rings is 1. The predicted molar refractivity (Wildman–Crippen MR) is 101 cm³/mol. The van der Waals surface area contributed by atoms with Gasteiger partial charge in [0.05, 0.1) is 9.86 Å². The zero-order valence-corrected chi connectivity index (χ0v) is 14.3. The lowest BCUT2D eigenvalue weighted by molar-refractivity contribution is 1.69. The smallest absolute Gasteiger partial charge is 0.0622 e. The van der Waals surface area contributed by atoms with Crippen molar-refractivity contribution in [2.75, 3.05) is 0 Å². The molecule has 0 aliphatic carbocycles. The minimum Gasteiger partial charge on any atom is -0.0622 e. The molecule has 106 valence electrons. The van der Waals surface area contributed by atoms with E-state index in [1.165, 1.54) is 29.9 Å². The minimum absolute atomic E-state index is 0.0517. The van der Waals surface area contributed by atoms with Gasteiger partial charge in [-0.25, -0.2) is 0 Å². The van der Waals surface area contributed by atoms with Crippen LogP contribution in [0.25, 0.3) is 25.4 Å². The van der Waals surface area contributed by atoms with E-state index in [1.807, 2.05) is 0 Å². The Morgan fingerprint density at radius 1 is 0.636 bits per heavy atom. The van der Waals surface area contributed by atoms with E-state index in [4.69, 9.17) is 0 Å². The first kappa shape index (κ1) is 13.7. The molecule has 3 aromatic carbocycles. The maximum Gasteiger partial charge on any atom is 0.201 e. The van der Waals surface area contributed by atoms with Crippen molar-refractivity contribution in [2.24, 2.45) is 0 Å². The van der Waals surface area contributed by atoms with Crippen LogP contribution in [-0.2, 0) is 0 Å². The molecule has 1 atom stereocenters. The summed E-state index contributed by atoms with van der Waals surface area (Å²) in [6, 6.07) is 30.2. The van der Waals surface area contributed by atoms with Crippen LogP contribution >= 0.6 is 26.4 Å². The summed E-state index contributed by atoms with van der Waals surface area (Å²) in [6.07, 6.45) is 0. The van der Waals surface area contributed by atoms with E-state index < -0.39 is 0 Å². The van der Waals surface area contributed by atoms with Crippen molar-refractivity contribution in [3.05, 3.63) is 89.4 Å². The molecule has 0 saturated heterocycles. The molecular formula is C20H14BrS+. The number of hydrogen-bond donors (Lipinski definition) is 0. The molecule has 0 fully saturated rings. The van der Waals surface area contributed by atoms with E-state index in [2.05, 4.69) is 101 Å². The number of rotatable bonds is 2. The van der Waals surface area contributed by atoms with Crippen molar-refractivity contribution in [2.45, 2.75) is 0 Å². The molecule has 0 nitrogen and oxygen atoms in total. The number of fused-ring (bicyclic) bond motifs is 1. The highest BCUT2D eigenvalue weighted by molar-refractivity contribution is 9.10. The molecule has 0 aliphatic heterocycles. The van der Waals surface area contributed by atoms with E-state index >= 15 is 0 Å². The molecular weight excluding hydrogens is 352 g/mol. The third-order valence-corrected chi connectivity index (χ3v) is 7.24. The van der Waals surface area contributed by atoms with E-state index in [9.17, 15) is 0 Å². The first-order chi connectivity index (χ1) is 10.9. The number of benzene rings is 3. The molecule has 2 heteroatoms. The lowest BCUT2D eigenvalue weighted by Crippen LogP contribution is -1.76. The topological polar surface area (TPSA) is 0 Å². The molecule has 1 aromatic heterocycles. The van der Waals surface area contributed by atoms with Gasteiger partial charge in [0.25, 0.3) is 0 Å². The fourth-order valence-corrected chi connectivity index (χ4v) is 6.38. The van der Waals surface area contributed by atoms with Gasteiger partial charge in [-0.2, -0.15) is 0 Å². The van der Waals surface area contributed by atoms with E-state index in [-0.39, 0.29) is 10.5 Å². The fourth-order valence-electron chi connectivity index (χ4n) is 2.78. The maximum absolute atomic E-state index is 3.86. The number of halogens is 1. The SMILES string of the molecule is Brc1c(-c2ccccc2)[s+](-c2ccccc2)c2ccccc12. The molecule has 0 N–H and O–H groups in total. The molecule has 4 rings (SSSR count). The highest BCUT2D eigenvalue weighted by Crippen LogP contribution is 2.53. The molecule has 22 heavy (non-hydrogen) atoms. The average Bonchev–Trinajstić information content (AvgIpc) is 2.90. The third-order valence-electron chi connectivity index (χ3n) is 3.76. The van der Waals surface area contributed by atoms with Crippen LogP contribution in [-0.4, -0.2) is 0 Å². The summed E-state index contributed by atoms with van der Waals surface area (Å²) in [4.78, 5) is 2.75. The van der Waals surface area contributed by atoms with Crippen molar-refractivity contribution in [1.29, 1.82) is 0 Å². The number of hydrogen-bond acceptors (Lipinski definition) is 0. The average molecular weight is 366 g/mol. The van der Waals surface area contributed by atoms with E-state index in [0.717, 1.165) is 0 Å². The molecule has 0 bridgehead atoms. The van der Waals surface area contributed by atoms with Crippen molar-refractivity contribution in [3.8, 4) is 15.3 Å². The zero-order chi connectivity index (χ0) is 14.9. The standard InChI is InChI=1S/C20H14BrS/c21-19-17-13-7-8-14-18(17)22(16-11-5-2-6-12-16)20(19)15-9-3-1-4-10-15/h1-14H/q+1. The molecule has 0 aliphatic rings. The Morgan fingerprint density at radius 2 is 1.23 bits per heavy atom. The molecule has 1 unspecified atom stereocenters. The molecule has 0 radical (unpaired) electrons. The van der Waals surface area contributed by atoms with Crippen LogP contribution in [0.3, 0.4) is 0 Å². The Labute approximate surface area is 141 Å². The zero-order valence-electron chi connectivity index (χ0n) is 11.9. The van der Waals surface area contributed by atoms with Gasteiger partial charge >= 0.3 is 0 Å². The van der Waals surface area contributed by atoms with Gasteiger partial charge in [0, 0.05) is 16.0 Å². The predicted octanol–water partition coefficient (Wildman–Crippen LogP) is 7.01. The Morgan fingerprint density at radius 3 is 1.95 bits per heavy atom. The second kappa shape index (κ2) is 5.71. The van der Waals surface area contributed by atoms with Crippen LogP contribution in [0.2, 0.25) is 0 Å². The van der Waals surface area contributed by atoms with Crippen molar-refractivity contribution >= 4 is 36.5 Å². The van der Waals surface area contributed by atoms with Gasteiger partial charge in [-0.15, -0.1) is 0 Å². The first-order valence-corrected chi connectivity index (χ1v) is 9.22. The summed E-state index contributed by atoms with van der Waals surface area (Å²) in [5.41, 5.74) is 1.29. The summed E-state index contributed by atoms with van der Waals surface area (Å²) < 4.78 is 2.63. The third kappa shape index (κ3) is 2.20. The van der Waals surface area contributed by atoms with Crippen molar-refractivity contribution in [3.63, 3.8) is 0 Å².